The molecule has 4 rings (SSSR count). The van der Waals surface area contributed by atoms with Crippen LogP contribution in [-0.4, -0.2) is 29.4 Å². The fraction of sp³-hybridized carbons (Fsp3) is 0.400. The number of nitrogens with one attached hydrogen (secondary N) is 2. The summed E-state index contributed by atoms with van der Waals surface area (Å²) in [6.45, 7) is 0. The van der Waals surface area contributed by atoms with Crippen molar-refractivity contribution in [3.63, 3.8) is 0 Å². The van der Waals surface area contributed by atoms with Gasteiger partial charge in [0.15, 0.2) is 0 Å². The fourth-order valence-corrected chi connectivity index (χ4v) is 4.32. The molecule has 1 aliphatic heterocycles. The van der Waals surface area contributed by atoms with E-state index in [0.717, 1.165) is 48.0 Å². The molecule has 5 heteroatoms. The van der Waals surface area contributed by atoms with Crippen LogP contribution in [0.15, 0.2) is 36.4 Å². The Morgan fingerprint density at radius 2 is 1.64 bits per heavy atom. The van der Waals surface area contributed by atoms with Crippen LogP contribution < -0.4 is 10.6 Å². The van der Waals surface area contributed by atoms with Gasteiger partial charge in [-0.1, -0.05) is 24.3 Å². The average molecular weight is 354 g/mol. The van der Waals surface area contributed by atoms with Gasteiger partial charge in [0.2, 0.25) is 5.91 Å². The molecular formula is C20H22N2O2S. The van der Waals surface area contributed by atoms with Crippen LogP contribution in [-0.2, 0) is 4.79 Å². The van der Waals surface area contributed by atoms with Crippen molar-refractivity contribution in [1.82, 2.24) is 5.32 Å². The highest BCUT2D eigenvalue weighted by Crippen LogP contribution is 2.32. The lowest BCUT2D eigenvalue weighted by molar-refractivity contribution is -0.117. The molecular weight excluding hydrogens is 332 g/mol. The largest absolute Gasteiger partial charge is 0.349 e. The van der Waals surface area contributed by atoms with Gasteiger partial charge in [0, 0.05) is 12.0 Å². The quantitative estimate of drug-likeness (QED) is 0.878. The highest BCUT2D eigenvalue weighted by molar-refractivity contribution is 7.99. The average Bonchev–Trinajstić information content (AvgIpc) is 3.47. The van der Waals surface area contributed by atoms with Gasteiger partial charge in [-0.05, 0) is 60.1 Å². The number of amides is 2. The molecule has 4 nitrogen and oxygen atoms in total. The molecule has 0 bridgehead atoms. The third-order valence-corrected chi connectivity index (χ3v) is 5.94. The van der Waals surface area contributed by atoms with Crippen molar-refractivity contribution in [2.45, 2.75) is 31.7 Å². The van der Waals surface area contributed by atoms with E-state index in [2.05, 4.69) is 10.6 Å². The monoisotopic (exact) mass is 354 g/mol. The van der Waals surface area contributed by atoms with Gasteiger partial charge >= 0.3 is 0 Å². The molecule has 0 unspecified atom stereocenters. The Morgan fingerprint density at radius 3 is 2.32 bits per heavy atom. The first-order chi connectivity index (χ1) is 12.2. The van der Waals surface area contributed by atoms with E-state index in [9.17, 15) is 9.59 Å². The number of anilines is 1. The molecule has 2 N–H and O–H groups in total. The van der Waals surface area contributed by atoms with E-state index in [4.69, 9.17) is 0 Å². The van der Waals surface area contributed by atoms with E-state index in [-0.39, 0.29) is 23.8 Å². The summed E-state index contributed by atoms with van der Waals surface area (Å²) in [7, 11) is 0. The highest BCUT2D eigenvalue weighted by atomic mass is 32.2. The summed E-state index contributed by atoms with van der Waals surface area (Å²) < 4.78 is 0. The molecule has 2 aliphatic rings. The molecule has 2 aromatic carbocycles. The van der Waals surface area contributed by atoms with Gasteiger partial charge in [0.1, 0.15) is 0 Å². The molecule has 0 spiro atoms. The Bertz CT molecular complexity index is 810. The van der Waals surface area contributed by atoms with Crippen LogP contribution in [0.5, 0.6) is 0 Å². The summed E-state index contributed by atoms with van der Waals surface area (Å²) >= 11 is 1.94. The van der Waals surface area contributed by atoms with E-state index in [1.165, 1.54) is 0 Å². The number of hydrogen-bond acceptors (Lipinski definition) is 3. The minimum atomic E-state index is -0.0891. The summed E-state index contributed by atoms with van der Waals surface area (Å²) in [5.41, 5.74) is 1.18. The van der Waals surface area contributed by atoms with Crippen LogP contribution in [0.1, 0.15) is 36.0 Å². The first-order valence-electron chi connectivity index (χ1n) is 8.93. The lowest BCUT2D eigenvalue weighted by Crippen LogP contribution is -2.37. The summed E-state index contributed by atoms with van der Waals surface area (Å²) in [5, 5.41) is 8.17. The molecule has 1 heterocycles. The summed E-state index contributed by atoms with van der Waals surface area (Å²) in [5.74, 6) is 2.23. The van der Waals surface area contributed by atoms with Crippen LogP contribution in [0.3, 0.4) is 0 Å². The normalized spacial score (nSPS) is 18.1. The van der Waals surface area contributed by atoms with Crippen LogP contribution in [0.4, 0.5) is 5.69 Å². The van der Waals surface area contributed by atoms with Gasteiger partial charge in [0.05, 0.1) is 11.3 Å². The molecule has 0 radical (unpaired) electrons. The van der Waals surface area contributed by atoms with Crippen LogP contribution in [0, 0.1) is 5.92 Å². The van der Waals surface area contributed by atoms with Crippen molar-refractivity contribution in [1.29, 1.82) is 0 Å². The van der Waals surface area contributed by atoms with Crippen molar-refractivity contribution in [3.05, 3.63) is 42.0 Å². The number of carbonyl (C=O) groups is 2. The van der Waals surface area contributed by atoms with Crippen LogP contribution >= 0.6 is 11.8 Å². The highest BCUT2D eigenvalue weighted by Gasteiger charge is 2.30. The summed E-state index contributed by atoms with van der Waals surface area (Å²) in [6, 6.07) is 12.0. The summed E-state index contributed by atoms with van der Waals surface area (Å²) in [4.78, 5) is 25.1. The van der Waals surface area contributed by atoms with Gasteiger partial charge in [-0.2, -0.15) is 11.8 Å². The molecule has 2 fully saturated rings. The van der Waals surface area contributed by atoms with E-state index in [1.54, 1.807) is 0 Å². The third kappa shape index (κ3) is 3.82. The Balaban J connectivity index is 1.63. The zero-order chi connectivity index (χ0) is 17.2. The second-order valence-electron chi connectivity index (χ2n) is 6.87. The standard InChI is InChI=1S/C20H22N2O2S/c23-19(13-5-6-13)22-18-12-15-4-2-1-3-14(15)11-17(18)20(24)21-16-7-9-25-10-8-16/h1-4,11-13,16H,5-10H2,(H,21,24)(H,22,23). The zero-order valence-electron chi connectivity index (χ0n) is 14.1. The van der Waals surface area contributed by atoms with Gasteiger partial charge in [-0.15, -0.1) is 0 Å². The minimum Gasteiger partial charge on any atom is -0.349 e. The molecule has 0 atom stereocenters. The maximum atomic E-state index is 12.9. The lowest BCUT2D eigenvalue weighted by Gasteiger charge is -2.23. The molecule has 1 aliphatic carbocycles. The topological polar surface area (TPSA) is 58.2 Å². The number of benzene rings is 2. The van der Waals surface area contributed by atoms with Crippen molar-refractivity contribution < 1.29 is 9.59 Å². The third-order valence-electron chi connectivity index (χ3n) is 4.89. The van der Waals surface area contributed by atoms with Crippen molar-refractivity contribution in [3.8, 4) is 0 Å². The van der Waals surface area contributed by atoms with E-state index < -0.39 is 0 Å². The minimum absolute atomic E-state index is 0.0263. The van der Waals surface area contributed by atoms with Gasteiger partial charge < -0.3 is 10.6 Å². The first kappa shape index (κ1) is 16.5. The first-order valence-corrected chi connectivity index (χ1v) is 10.1. The second kappa shape index (κ2) is 7.08. The van der Waals surface area contributed by atoms with E-state index in [1.807, 2.05) is 48.2 Å². The predicted octanol–water partition coefficient (Wildman–Crippen LogP) is 3.81. The van der Waals surface area contributed by atoms with Gasteiger partial charge in [-0.3, -0.25) is 9.59 Å². The predicted molar refractivity (Wildman–Crippen MR) is 103 cm³/mol. The van der Waals surface area contributed by atoms with Crippen molar-refractivity contribution >= 4 is 40.0 Å². The Morgan fingerprint density at radius 1 is 0.960 bits per heavy atom. The van der Waals surface area contributed by atoms with Gasteiger partial charge in [-0.25, -0.2) is 0 Å². The summed E-state index contributed by atoms with van der Waals surface area (Å²) in [6.07, 6.45) is 3.91. The molecule has 25 heavy (non-hydrogen) atoms. The molecule has 130 valence electrons. The molecule has 1 saturated carbocycles. The second-order valence-corrected chi connectivity index (χ2v) is 8.09. The van der Waals surface area contributed by atoms with E-state index >= 15 is 0 Å². The van der Waals surface area contributed by atoms with Gasteiger partial charge in [0.25, 0.3) is 5.91 Å². The van der Waals surface area contributed by atoms with Crippen LogP contribution in [0.25, 0.3) is 10.8 Å². The van der Waals surface area contributed by atoms with Crippen LogP contribution in [0.2, 0.25) is 0 Å². The number of thioether (sulfide) groups is 1. The number of carbonyl (C=O) groups excluding carboxylic acids is 2. The number of fused-ring (bicyclic) bond motifs is 1. The Hall–Kier alpha value is -2.01. The van der Waals surface area contributed by atoms with Crippen molar-refractivity contribution in [2.75, 3.05) is 16.8 Å². The maximum absolute atomic E-state index is 12.9. The number of rotatable bonds is 4. The Labute approximate surface area is 151 Å². The molecule has 2 amide bonds. The molecule has 0 aromatic heterocycles. The number of hydrogen-bond donors (Lipinski definition) is 2. The fourth-order valence-electron chi connectivity index (χ4n) is 3.22. The maximum Gasteiger partial charge on any atom is 0.253 e. The lowest BCUT2D eigenvalue weighted by atomic mass is 10.0. The molecule has 2 aromatic rings. The van der Waals surface area contributed by atoms with E-state index in [0.29, 0.717) is 11.3 Å². The smallest absolute Gasteiger partial charge is 0.253 e. The SMILES string of the molecule is O=C(NC1CCSCC1)c1cc2ccccc2cc1NC(=O)C1CC1. The Kier molecular flexibility index (Phi) is 4.66. The zero-order valence-corrected chi connectivity index (χ0v) is 14.9. The van der Waals surface area contributed by atoms with Crippen molar-refractivity contribution in [2.24, 2.45) is 5.92 Å². The molecule has 1 saturated heterocycles.